The lowest BCUT2D eigenvalue weighted by Gasteiger charge is -2.09. The average molecular weight is 373 g/mol. The summed E-state index contributed by atoms with van der Waals surface area (Å²) < 4.78 is 13.4. The number of nitrogens with zero attached hydrogens (tertiary/aromatic N) is 1. The lowest BCUT2D eigenvalue weighted by atomic mass is 10.0. The van der Waals surface area contributed by atoms with Crippen molar-refractivity contribution < 1.29 is 9.18 Å². The van der Waals surface area contributed by atoms with Gasteiger partial charge in [0.2, 0.25) is 5.56 Å². The summed E-state index contributed by atoms with van der Waals surface area (Å²) in [6, 6.07) is 16.8. The van der Waals surface area contributed by atoms with Crippen LogP contribution >= 0.6 is 0 Å². The molecule has 2 N–H and O–H groups in total. The van der Waals surface area contributed by atoms with Crippen LogP contribution in [0.15, 0.2) is 77.9 Å². The second-order valence-corrected chi connectivity index (χ2v) is 6.36. The molecule has 0 aliphatic heterocycles. The number of pyridine rings is 2. The molecular weight excluding hydrogens is 357 g/mol. The van der Waals surface area contributed by atoms with Gasteiger partial charge in [-0.2, -0.15) is 0 Å². The number of carbonyl (C=O) groups is 1. The van der Waals surface area contributed by atoms with E-state index in [1.807, 2.05) is 36.4 Å². The minimum Gasteiger partial charge on any atom is -0.348 e. The molecule has 0 bridgehead atoms. The fourth-order valence-electron chi connectivity index (χ4n) is 3.10. The second-order valence-electron chi connectivity index (χ2n) is 6.36. The van der Waals surface area contributed by atoms with Gasteiger partial charge in [-0.05, 0) is 53.1 Å². The first kappa shape index (κ1) is 17.6. The molecule has 0 fully saturated rings. The van der Waals surface area contributed by atoms with Gasteiger partial charge < -0.3 is 10.3 Å². The van der Waals surface area contributed by atoms with E-state index in [4.69, 9.17) is 0 Å². The minimum atomic E-state index is -0.478. The van der Waals surface area contributed by atoms with Crippen molar-refractivity contribution in [1.82, 2.24) is 15.3 Å². The lowest BCUT2D eigenvalue weighted by molar-refractivity contribution is 0.0952. The molecule has 28 heavy (non-hydrogen) atoms. The van der Waals surface area contributed by atoms with Gasteiger partial charge in [-0.25, -0.2) is 4.39 Å². The Labute approximate surface area is 159 Å². The van der Waals surface area contributed by atoms with Crippen LogP contribution < -0.4 is 10.9 Å². The highest BCUT2D eigenvalue weighted by atomic mass is 19.1. The summed E-state index contributed by atoms with van der Waals surface area (Å²) in [6.45, 7) is 0.299. The number of benzene rings is 2. The number of H-pyrrole nitrogens is 1. The normalized spacial score (nSPS) is 10.8. The average Bonchev–Trinajstić information content (AvgIpc) is 2.72. The number of rotatable bonds is 4. The van der Waals surface area contributed by atoms with E-state index < -0.39 is 17.3 Å². The van der Waals surface area contributed by atoms with Crippen molar-refractivity contribution in [3.63, 3.8) is 0 Å². The Bertz CT molecular complexity index is 1220. The van der Waals surface area contributed by atoms with Gasteiger partial charge in [-0.15, -0.1) is 0 Å². The van der Waals surface area contributed by atoms with Gasteiger partial charge >= 0.3 is 0 Å². The van der Waals surface area contributed by atoms with Crippen molar-refractivity contribution in [1.29, 1.82) is 0 Å². The van der Waals surface area contributed by atoms with E-state index in [-0.39, 0.29) is 11.1 Å². The van der Waals surface area contributed by atoms with Crippen molar-refractivity contribution >= 4 is 16.8 Å². The van der Waals surface area contributed by atoms with Crippen LogP contribution in [-0.4, -0.2) is 15.9 Å². The predicted molar refractivity (Wildman–Crippen MR) is 105 cm³/mol. The molecule has 5 nitrogen and oxygen atoms in total. The van der Waals surface area contributed by atoms with Crippen molar-refractivity contribution in [2.24, 2.45) is 0 Å². The highest BCUT2D eigenvalue weighted by Gasteiger charge is 2.12. The van der Waals surface area contributed by atoms with Gasteiger partial charge in [0.25, 0.3) is 5.91 Å². The molecule has 0 radical (unpaired) electrons. The largest absolute Gasteiger partial charge is 0.348 e. The zero-order valence-corrected chi connectivity index (χ0v) is 14.8. The summed E-state index contributed by atoms with van der Waals surface area (Å²) in [4.78, 5) is 31.1. The predicted octanol–water partition coefficient (Wildman–Crippen LogP) is 3.66. The SMILES string of the molecule is O=C(NCc1cccc(-c2ccncc2)c1)c1cc(=O)[nH]c2cc(F)ccc12. The van der Waals surface area contributed by atoms with E-state index in [0.717, 1.165) is 16.7 Å². The van der Waals surface area contributed by atoms with E-state index in [9.17, 15) is 14.0 Å². The molecular formula is C22H16FN3O2. The molecule has 0 unspecified atom stereocenters. The zero-order valence-electron chi connectivity index (χ0n) is 14.8. The molecule has 0 aliphatic rings. The molecule has 2 aromatic heterocycles. The molecule has 2 heterocycles. The molecule has 0 spiro atoms. The van der Waals surface area contributed by atoms with Crippen LogP contribution in [0.1, 0.15) is 15.9 Å². The summed E-state index contributed by atoms with van der Waals surface area (Å²) in [5.41, 5.74) is 3.02. The summed E-state index contributed by atoms with van der Waals surface area (Å²) in [6.07, 6.45) is 3.45. The second kappa shape index (κ2) is 7.44. The van der Waals surface area contributed by atoms with Crippen molar-refractivity contribution in [2.45, 2.75) is 6.54 Å². The molecule has 138 valence electrons. The summed E-state index contributed by atoms with van der Waals surface area (Å²) in [5.74, 6) is -0.870. The maximum Gasteiger partial charge on any atom is 0.252 e. The van der Waals surface area contributed by atoms with Crippen LogP contribution in [-0.2, 0) is 6.54 Å². The van der Waals surface area contributed by atoms with E-state index in [2.05, 4.69) is 15.3 Å². The number of hydrogen-bond donors (Lipinski definition) is 2. The van der Waals surface area contributed by atoms with Crippen LogP contribution in [0.5, 0.6) is 0 Å². The monoisotopic (exact) mass is 373 g/mol. The van der Waals surface area contributed by atoms with Crippen LogP contribution in [0.25, 0.3) is 22.0 Å². The van der Waals surface area contributed by atoms with Crippen LogP contribution in [0.2, 0.25) is 0 Å². The summed E-state index contributed by atoms with van der Waals surface area (Å²) in [7, 11) is 0. The van der Waals surface area contributed by atoms with Gasteiger partial charge in [0.15, 0.2) is 0 Å². The Kier molecular flexibility index (Phi) is 4.68. The Hall–Kier alpha value is -3.80. The van der Waals surface area contributed by atoms with Crippen molar-refractivity contribution in [3.05, 3.63) is 100 Å². The topological polar surface area (TPSA) is 74.8 Å². The summed E-state index contributed by atoms with van der Waals surface area (Å²) in [5, 5.41) is 3.32. The molecule has 0 atom stereocenters. The minimum absolute atomic E-state index is 0.212. The number of aromatic amines is 1. The van der Waals surface area contributed by atoms with E-state index in [1.54, 1.807) is 12.4 Å². The molecule has 6 heteroatoms. The van der Waals surface area contributed by atoms with Crippen LogP contribution in [0.3, 0.4) is 0 Å². The fourth-order valence-corrected chi connectivity index (χ4v) is 3.10. The third-order valence-corrected chi connectivity index (χ3v) is 4.44. The molecule has 1 amide bonds. The van der Waals surface area contributed by atoms with Crippen molar-refractivity contribution in [2.75, 3.05) is 0 Å². The number of nitrogens with one attached hydrogen (secondary N) is 2. The number of fused-ring (bicyclic) bond motifs is 1. The number of aromatic nitrogens is 2. The molecule has 0 saturated heterocycles. The number of halogens is 1. The number of amides is 1. The van der Waals surface area contributed by atoms with Gasteiger partial charge in [0.1, 0.15) is 5.82 Å². The van der Waals surface area contributed by atoms with Gasteiger partial charge in [-0.3, -0.25) is 14.6 Å². The highest BCUT2D eigenvalue weighted by molar-refractivity contribution is 6.05. The van der Waals surface area contributed by atoms with Gasteiger partial charge in [0.05, 0.1) is 11.1 Å². The first-order valence-electron chi connectivity index (χ1n) is 8.70. The molecule has 4 rings (SSSR count). The Morgan fingerprint density at radius 2 is 1.82 bits per heavy atom. The van der Waals surface area contributed by atoms with Gasteiger partial charge in [0, 0.05) is 30.4 Å². The molecule has 0 aliphatic carbocycles. The molecule has 0 saturated carbocycles. The smallest absolute Gasteiger partial charge is 0.252 e. The fraction of sp³-hybridized carbons (Fsp3) is 0.0455. The maximum atomic E-state index is 13.4. The number of carbonyl (C=O) groups excluding carboxylic acids is 1. The van der Waals surface area contributed by atoms with E-state index in [0.29, 0.717) is 11.9 Å². The Morgan fingerprint density at radius 3 is 2.64 bits per heavy atom. The molecule has 4 aromatic rings. The Morgan fingerprint density at radius 1 is 1.00 bits per heavy atom. The quantitative estimate of drug-likeness (QED) is 0.573. The van der Waals surface area contributed by atoms with Crippen LogP contribution in [0, 0.1) is 5.82 Å². The third kappa shape index (κ3) is 3.66. The Balaban J connectivity index is 1.57. The maximum absolute atomic E-state index is 13.4. The third-order valence-electron chi connectivity index (χ3n) is 4.44. The zero-order chi connectivity index (χ0) is 19.5. The number of hydrogen-bond acceptors (Lipinski definition) is 3. The first-order valence-corrected chi connectivity index (χ1v) is 8.70. The van der Waals surface area contributed by atoms with Crippen LogP contribution in [0.4, 0.5) is 4.39 Å². The van der Waals surface area contributed by atoms with E-state index >= 15 is 0 Å². The van der Waals surface area contributed by atoms with Crippen molar-refractivity contribution in [3.8, 4) is 11.1 Å². The van der Waals surface area contributed by atoms with E-state index in [1.165, 1.54) is 24.3 Å². The van der Waals surface area contributed by atoms with Gasteiger partial charge in [-0.1, -0.05) is 18.2 Å². The standard InChI is InChI=1S/C22H16FN3O2/c23-17-4-5-18-19(12-21(27)26-20(18)11-17)22(28)25-13-14-2-1-3-16(10-14)15-6-8-24-9-7-15/h1-12H,13H2,(H,25,28)(H,26,27). The lowest BCUT2D eigenvalue weighted by Crippen LogP contribution is -2.24. The highest BCUT2D eigenvalue weighted by Crippen LogP contribution is 2.20. The first-order chi connectivity index (χ1) is 13.6. The summed E-state index contributed by atoms with van der Waals surface area (Å²) >= 11 is 0. The molecule has 2 aromatic carbocycles.